The molecule has 0 radical (unpaired) electrons. The molecule has 1 saturated heterocycles. The highest BCUT2D eigenvalue weighted by atomic mass is 32.2. The van der Waals surface area contributed by atoms with Gasteiger partial charge < -0.3 is 10.1 Å². The number of carbonyl (C=O) groups excluding carboxylic acids is 1. The van der Waals surface area contributed by atoms with E-state index in [1.165, 1.54) is 16.7 Å². The molecule has 26 heavy (non-hydrogen) atoms. The smallest absolute Gasteiger partial charge is 0.251 e. The van der Waals surface area contributed by atoms with Crippen LogP contribution in [0.4, 0.5) is 0 Å². The summed E-state index contributed by atoms with van der Waals surface area (Å²) in [5.74, 6) is 0.971. The Hall–Kier alpha value is -1.78. The summed E-state index contributed by atoms with van der Waals surface area (Å²) in [6.45, 7) is 4.28. The van der Waals surface area contributed by atoms with Crippen LogP contribution < -0.4 is 5.32 Å². The Kier molecular flexibility index (Phi) is 6.38. The summed E-state index contributed by atoms with van der Waals surface area (Å²) in [5, 5.41) is 3.19. The van der Waals surface area contributed by atoms with Gasteiger partial charge in [-0.25, -0.2) is 0 Å². The van der Waals surface area contributed by atoms with Crippen LogP contribution in [0.25, 0.3) is 0 Å². The third kappa shape index (κ3) is 4.30. The van der Waals surface area contributed by atoms with E-state index in [-0.39, 0.29) is 11.3 Å². The van der Waals surface area contributed by atoms with Crippen LogP contribution in [0.3, 0.4) is 0 Å². The summed E-state index contributed by atoms with van der Waals surface area (Å²) in [6.07, 6.45) is 3.95. The van der Waals surface area contributed by atoms with Crippen molar-refractivity contribution in [2.45, 2.75) is 30.9 Å². The van der Waals surface area contributed by atoms with Crippen LogP contribution in [0, 0.1) is 6.92 Å². The van der Waals surface area contributed by atoms with Crippen LogP contribution in [-0.4, -0.2) is 31.9 Å². The Balaban J connectivity index is 1.74. The van der Waals surface area contributed by atoms with Gasteiger partial charge >= 0.3 is 0 Å². The Morgan fingerprint density at radius 3 is 2.46 bits per heavy atom. The Morgan fingerprint density at radius 1 is 1.12 bits per heavy atom. The van der Waals surface area contributed by atoms with Crippen molar-refractivity contribution in [3.05, 3.63) is 70.8 Å². The average molecular weight is 370 g/mol. The minimum atomic E-state index is -0.0436. The van der Waals surface area contributed by atoms with E-state index < -0.39 is 0 Å². The molecule has 2 aromatic rings. The first kappa shape index (κ1) is 19.0. The highest BCUT2D eigenvalue weighted by Gasteiger charge is 2.35. The molecule has 2 aromatic carbocycles. The van der Waals surface area contributed by atoms with Crippen molar-refractivity contribution in [1.29, 1.82) is 0 Å². The normalized spacial score (nSPS) is 16.2. The number of nitrogens with one attached hydrogen (secondary N) is 1. The van der Waals surface area contributed by atoms with E-state index in [4.69, 9.17) is 4.74 Å². The van der Waals surface area contributed by atoms with Crippen LogP contribution in [0.1, 0.15) is 39.9 Å². The summed E-state index contributed by atoms with van der Waals surface area (Å²) in [6, 6.07) is 16.4. The maximum atomic E-state index is 12.7. The molecule has 1 aliphatic heterocycles. The van der Waals surface area contributed by atoms with Gasteiger partial charge in [-0.2, -0.15) is 11.8 Å². The van der Waals surface area contributed by atoms with Gasteiger partial charge in [0, 0.05) is 36.5 Å². The quantitative estimate of drug-likeness (QED) is 0.823. The third-order valence-corrected chi connectivity index (χ3v) is 5.90. The highest BCUT2D eigenvalue weighted by molar-refractivity contribution is 7.97. The first-order valence-electron chi connectivity index (χ1n) is 9.14. The number of thioether (sulfide) groups is 1. The van der Waals surface area contributed by atoms with Crippen molar-refractivity contribution < 1.29 is 9.53 Å². The minimum absolute atomic E-state index is 0.000141. The van der Waals surface area contributed by atoms with Gasteiger partial charge in [0.2, 0.25) is 0 Å². The van der Waals surface area contributed by atoms with Gasteiger partial charge in [0.25, 0.3) is 5.91 Å². The number of rotatable bonds is 6. The van der Waals surface area contributed by atoms with Crippen molar-refractivity contribution >= 4 is 17.7 Å². The summed E-state index contributed by atoms with van der Waals surface area (Å²) in [5.41, 5.74) is 4.54. The second-order valence-electron chi connectivity index (χ2n) is 7.02. The SMILES string of the molecule is CSCc1ccc(C(=O)NCC2(c3ccccc3C)CCOCC2)cc1. The van der Waals surface area contributed by atoms with E-state index in [0.717, 1.165) is 37.4 Å². The molecule has 0 spiro atoms. The number of benzene rings is 2. The van der Waals surface area contributed by atoms with E-state index in [1.807, 2.05) is 24.3 Å². The van der Waals surface area contributed by atoms with Gasteiger partial charge in [0.05, 0.1) is 0 Å². The Labute approximate surface area is 160 Å². The van der Waals surface area contributed by atoms with Crippen LogP contribution in [0.15, 0.2) is 48.5 Å². The predicted molar refractivity (Wildman–Crippen MR) is 109 cm³/mol. The van der Waals surface area contributed by atoms with E-state index in [1.54, 1.807) is 11.8 Å². The third-order valence-electron chi connectivity index (χ3n) is 5.28. The van der Waals surface area contributed by atoms with Crippen molar-refractivity contribution in [2.24, 2.45) is 0 Å². The van der Waals surface area contributed by atoms with Gasteiger partial charge in [-0.05, 0) is 54.8 Å². The molecule has 1 fully saturated rings. The molecule has 0 unspecified atom stereocenters. The van der Waals surface area contributed by atoms with Crippen LogP contribution >= 0.6 is 11.8 Å². The standard InChI is InChI=1S/C22H27NO2S/c1-17-5-3-4-6-20(17)22(11-13-25-14-12-22)16-23-21(24)19-9-7-18(8-10-19)15-26-2/h3-10H,11-16H2,1-2H3,(H,23,24). The summed E-state index contributed by atoms with van der Waals surface area (Å²) in [7, 11) is 0. The van der Waals surface area contributed by atoms with E-state index >= 15 is 0 Å². The monoisotopic (exact) mass is 369 g/mol. The molecule has 0 aliphatic carbocycles. The zero-order chi connectivity index (χ0) is 18.4. The Bertz CT molecular complexity index is 736. The minimum Gasteiger partial charge on any atom is -0.381 e. The number of amides is 1. The van der Waals surface area contributed by atoms with Crippen molar-refractivity contribution in [1.82, 2.24) is 5.32 Å². The largest absolute Gasteiger partial charge is 0.381 e. The molecule has 1 heterocycles. The number of ether oxygens (including phenoxy) is 1. The molecule has 0 atom stereocenters. The van der Waals surface area contributed by atoms with Crippen molar-refractivity contribution in [3.63, 3.8) is 0 Å². The van der Waals surface area contributed by atoms with E-state index in [0.29, 0.717) is 6.54 Å². The molecule has 3 nitrogen and oxygen atoms in total. The van der Waals surface area contributed by atoms with Crippen LogP contribution in [0.5, 0.6) is 0 Å². The zero-order valence-electron chi connectivity index (χ0n) is 15.6. The molecule has 4 heteroatoms. The summed E-state index contributed by atoms with van der Waals surface area (Å²) in [4.78, 5) is 12.7. The first-order valence-corrected chi connectivity index (χ1v) is 10.5. The fraction of sp³-hybridized carbons (Fsp3) is 0.409. The Morgan fingerprint density at radius 2 is 1.81 bits per heavy atom. The van der Waals surface area contributed by atoms with Crippen molar-refractivity contribution in [3.8, 4) is 0 Å². The molecule has 1 amide bonds. The summed E-state index contributed by atoms with van der Waals surface area (Å²) >= 11 is 1.78. The maximum Gasteiger partial charge on any atom is 0.251 e. The molecule has 0 aromatic heterocycles. The van der Waals surface area contributed by atoms with Gasteiger partial charge in [-0.15, -0.1) is 0 Å². The molecule has 0 saturated carbocycles. The van der Waals surface area contributed by atoms with Gasteiger partial charge in [-0.1, -0.05) is 36.4 Å². The van der Waals surface area contributed by atoms with E-state index in [9.17, 15) is 4.79 Å². The lowest BCUT2D eigenvalue weighted by atomic mass is 9.72. The number of aryl methyl sites for hydroxylation is 1. The highest BCUT2D eigenvalue weighted by Crippen LogP contribution is 2.36. The predicted octanol–water partition coefficient (Wildman–Crippen LogP) is 4.34. The zero-order valence-corrected chi connectivity index (χ0v) is 16.4. The van der Waals surface area contributed by atoms with E-state index in [2.05, 4.69) is 42.8 Å². The van der Waals surface area contributed by atoms with Gasteiger partial charge in [0.15, 0.2) is 0 Å². The molecular formula is C22H27NO2S. The van der Waals surface area contributed by atoms with Crippen LogP contribution in [-0.2, 0) is 15.9 Å². The van der Waals surface area contributed by atoms with Gasteiger partial charge in [0.1, 0.15) is 0 Å². The number of hydrogen-bond acceptors (Lipinski definition) is 3. The molecule has 1 aliphatic rings. The number of hydrogen-bond donors (Lipinski definition) is 1. The van der Waals surface area contributed by atoms with Crippen molar-refractivity contribution in [2.75, 3.05) is 26.0 Å². The first-order chi connectivity index (χ1) is 12.6. The van der Waals surface area contributed by atoms with Gasteiger partial charge in [-0.3, -0.25) is 4.79 Å². The second kappa shape index (κ2) is 8.74. The number of carbonyl (C=O) groups is 1. The lowest BCUT2D eigenvalue weighted by Gasteiger charge is -2.39. The molecule has 138 valence electrons. The lowest BCUT2D eigenvalue weighted by molar-refractivity contribution is 0.0485. The second-order valence-corrected chi connectivity index (χ2v) is 7.89. The average Bonchev–Trinajstić information content (AvgIpc) is 2.68. The van der Waals surface area contributed by atoms with Crippen LogP contribution in [0.2, 0.25) is 0 Å². The topological polar surface area (TPSA) is 38.3 Å². The summed E-state index contributed by atoms with van der Waals surface area (Å²) < 4.78 is 5.60. The molecule has 3 rings (SSSR count). The molecular weight excluding hydrogens is 342 g/mol. The lowest BCUT2D eigenvalue weighted by Crippen LogP contribution is -2.45. The fourth-order valence-electron chi connectivity index (χ4n) is 3.74. The maximum absolute atomic E-state index is 12.7. The molecule has 0 bridgehead atoms. The molecule has 1 N–H and O–H groups in total. The fourth-order valence-corrected chi connectivity index (χ4v) is 4.27.